The monoisotopic (exact) mass is 342 g/mol. The number of benzene rings is 2. The van der Waals surface area contributed by atoms with Gasteiger partial charge in [0.25, 0.3) is 10.1 Å². The Kier molecular flexibility index (Phi) is 4.40. The van der Waals surface area contributed by atoms with E-state index in [1.165, 1.54) is 18.2 Å². The molecule has 23 heavy (non-hydrogen) atoms. The molecule has 0 fully saturated rings. The fraction of sp³-hybridized carbons (Fsp3) is 0. The predicted molar refractivity (Wildman–Crippen MR) is 81.4 cm³/mol. The second-order valence-electron chi connectivity index (χ2n) is 4.74. The topological polar surface area (TPSA) is 135 Å². The van der Waals surface area contributed by atoms with E-state index in [0.29, 0.717) is 6.07 Å². The van der Waals surface area contributed by atoms with Crippen LogP contribution in [0.25, 0.3) is 0 Å². The van der Waals surface area contributed by atoms with Crippen LogP contribution < -0.4 is 5.73 Å². The van der Waals surface area contributed by atoms with E-state index in [-0.39, 0.29) is 46.2 Å². The Morgan fingerprint density at radius 2 is 1.43 bits per heavy atom. The Labute approximate surface area is 153 Å². The van der Waals surface area contributed by atoms with Crippen LogP contribution >= 0.6 is 0 Å². The van der Waals surface area contributed by atoms with Gasteiger partial charge in [0.05, 0.1) is 16.8 Å². The molecular weight excluding hydrogens is 333 g/mol. The number of hydrogen-bond donors (Lipinski definition) is 3. The van der Waals surface area contributed by atoms with Crippen molar-refractivity contribution in [3.8, 4) is 5.75 Å². The van der Waals surface area contributed by atoms with Crippen molar-refractivity contribution in [1.29, 1.82) is 0 Å². The Bertz CT molecular complexity index is 967. The van der Waals surface area contributed by atoms with Crippen molar-refractivity contribution in [2.45, 2.75) is 4.90 Å². The summed E-state index contributed by atoms with van der Waals surface area (Å²) in [5, 5.41) is 9.93. The van der Waals surface area contributed by atoms with E-state index < -0.39 is 43.6 Å². The minimum Gasteiger partial charge on any atom is -0.507 e. The molecule has 0 unspecified atom stereocenters. The quantitative estimate of drug-likeness (QED) is 0.255. The zero-order chi connectivity index (χ0) is 16.2. The summed E-state index contributed by atoms with van der Waals surface area (Å²) in [4.78, 5) is 24.1. The summed E-state index contributed by atoms with van der Waals surface area (Å²) >= 11 is 0. The van der Waals surface area contributed by atoms with Crippen molar-refractivity contribution in [2.75, 3.05) is 5.73 Å². The van der Waals surface area contributed by atoms with Crippen molar-refractivity contribution >= 4 is 56.9 Å². The van der Waals surface area contributed by atoms with Gasteiger partial charge in [-0.25, -0.2) is 0 Å². The van der Waals surface area contributed by atoms with Gasteiger partial charge < -0.3 is 10.8 Å². The fourth-order valence-corrected chi connectivity index (χ4v) is 3.13. The number of fused-ring (bicyclic) bond motifs is 2. The van der Waals surface area contributed by atoms with E-state index >= 15 is 0 Å². The molecular formula is C14H9NNaO6S. The van der Waals surface area contributed by atoms with E-state index in [4.69, 9.17) is 10.3 Å². The molecule has 1 aliphatic rings. The molecule has 2 aromatic carbocycles. The molecule has 113 valence electrons. The number of anilines is 1. The zero-order valence-corrected chi connectivity index (χ0v) is 14.7. The number of nitrogens with two attached hydrogens (primary N) is 1. The molecule has 4 N–H and O–H groups in total. The SMILES string of the molecule is Nc1c(S(=O)(=O)O)cc(O)c2c1C(=O)c1ccccc1C2=O.[Na]. The third-order valence-corrected chi connectivity index (χ3v) is 4.35. The first-order valence-corrected chi connectivity index (χ1v) is 7.49. The number of aromatic hydroxyl groups is 1. The smallest absolute Gasteiger partial charge is 0.296 e. The van der Waals surface area contributed by atoms with Gasteiger partial charge in [-0.3, -0.25) is 14.1 Å². The first kappa shape index (κ1) is 17.6. The summed E-state index contributed by atoms with van der Waals surface area (Å²) < 4.78 is 31.7. The normalized spacial score (nSPS) is 13.1. The summed E-state index contributed by atoms with van der Waals surface area (Å²) in [6.45, 7) is 0. The van der Waals surface area contributed by atoms with E-state index in [1.807, 2.05) is 0 Å². The number of phenols is 1. The number of ketones is 2. The maximum Gasteiger partial charge on any atom is 0.296 e. The van der Waals surface area contributed by atoms with Gasteiger partial charge in [-0.2, -0.15) is 8.42 Å². The second kappa shape index (κ2) is 5.73. The minimum atomic E-state index is -4.76. The van der Waals surface area contributed by atoms with Gasteiger partial charge in [0.1, 0.15) is 10.6 Å². The number of nitrogen functional groups attached to an aromatic ring is 1. The summed E-state index contributed by atoms with van der Waals surface area (Å²) in [6, 6.07) is 6.57. The molecule has 2 aromatic rings. The summed E-state index contributed by atoms with van der Waals surface area (Å²) in [5.74, 6) is -2.07. The van der Waals surface area contributed by atoms with Crippen LogP contribution in [0.3, 0.4) is 0 Å². The second-order valence-corrected chi connectivity index (χ2v) is 6.13. The number of carbonyl (C=O) groups excluding carboxylic acids is 2. The van der Waals surface area contributed by atoms with Crippen LogP contribution in [0, 0.1) is 0 Å². The fourth-order valence-electron chi connectivity index (χ4n) is 2.49. The molecule has 0 aliphatic heterocycles. The average molecular weight is 342 g/mol. The molecule has 9 heteroatoms. The van der Waals surface area contributed by atoms with Crippen LogP contribution in [0.4, 0.5) is 5.69 Å². The van der Waals surface area contributed by atoms with Gasteiger partial charge in [0.15, 0.2) is 11.6 Å². The van der Waals surface area contributed by atoms with Crippen molar-refractivity contribution in [3.05, 3.63) is 52.6 Å². The number of carbonyl (C=O) groups is 2. The Hall–Kier alpha value is -1.71. The first-order valence-electron chi connectivity index (χ1n) is 6.05. The van der Waals surface area contributed by atoms with Crippen molar-refractivity contribution in [2.24, 2.45) is 0 Å². The number of rotatable bonds is 1. The van der Waals surface area contributed by atoms with Crippen LogP contribution in [0.5, 0.6) is 5.75 Å². The standard InChI is InChI=1S/C14H9NO6S.Na/c15-12-9(22(19,20)21)5-8(16)10-11(12)14(18)7-4-2-1-3-6(7)13(10)17;/h1-5,16H,15H2,(H,19,20,21);. The van der Waals surface area contributed by atoms with Crippen LogP contribution in [0.2, 0.25) is 0 Å². The largest absolute Gasteiger partial charge is 0.507 e. The molecule has 0 aromatic heterocycles. The van der Waals surface area contributed by atoms with E-state index in [2.05, 4.69) is 0 Å². The van der Waals surface area contributed by atoms with Gasteiger partial charge in [0, 0.05) is 46.8 Å². The molecule has 0 bridgehead atoms. The number of phenolic OH excluding ortho intramolecular Hbond substituents is 1. The molecule has 0 saturated carbocycles. The van der Waals surface area contributed by atoms with Crippen LogP contribution in [-0.2, 0) is 10.1 Å². The van der Waals surface area contributed by atoms with Crippen molar-refractivity contribution in [1.82, 2.24) is 0 Å². The molecule has 1 aliphatic carbocycles. The van der Waals surface area contributed by atoms with Crippen LogP contribution in [-0.4, -0.2) is 59.2 Å². The maximum absolute atomic E-state index is 12.5. The summed E-state index contributed by atoms with van der Waals surface area (Å²) in [7, 11) is -4.76. The Morgan fingerprint density at radius 1 is 0.957 bits per heavy atom. The number of hydrogen-bond acceptors (Lipinski definition) is 6. The average Bonchev–Trinajstić information content (AvgIpc) is 2.45. The molecule has 0 amide bonds. The maximum atomic E-state index is 12.5. The summed E-state index contributed by atoms with van der Waals surface area (Å²) in [5.41, 5.74) is 4.44. The van der Waals surface area contributed by atoms with Crippen molar-refractivity contribution < 1.29 is 27.7 Å². The van der Waals surface area contributed by atoms with Crippen molar-refractivity contribution in [3.63, 3.8) is 0 Å². The molecule has 0 heterocycles. The third kappa shape index (κ3) is 2.58. The Morgan fingerprint density at radius 3 is 1.91 bits per heavy atom. The molecule has 7 nitrogen and oxygen atoms in total. The zero-order valence-electron chi connectivity index (χ0n) is 11.9. The molecule has 0 atom stereocenters. The van der Waals surface area contributed by atoms with Gasteiger partial charge in [0.2, 0.25) is 0 Å². The van der Waals surface area contributed by atoms with Crippen LogP contribution in [0.1, 0.15) is 31.8 Å². The molecule has 3 rings (SSSR count). The minimum absolute atomic E-state index is 0. The molecule has 0 spiro atoms. The predicted octanol–water partition coefficient (Wildman–Crippen LogP) is 0.616. The molecule has 0 saturated heterocycles. The van der Waals surface area contributed by atoms with Gasteiger partial charge >= 0.3 is 0 Å². The van der Waals surface area contributed by atoms with Gasteiger partial charge in [-0.05, 0) is 0 Å². The summed E-state index contributed by atoms with van der Waals surface area (Å²) in [6.07, 6.45) is 0. The van der Waals surface area contributed by atoms with E-state index in [1.54, 1.807) is 6.07 Å². The van der Waals surface area contributed by atoms with Gasteiger partial charge in [-0.1, -0.05) is 24.3 Å². The third-order valence-electron chi connectivity index (χ3n) is 3.46. The molecule has 1 radical (unpaired) electrons. The first-order chi connectivity index (χ1) is 10.2. The van der Waals surface area contributed by atoms with E-state index in [9.17, 15) is 23.1 Å². The van der Waals surface area contributed by atoms with E-state index in [0.717, 1.165) is 0 Å². The Balaban J connectivity index is 0.00000192. The van der Waals surface area contributed by atoms with Gasteiger partial charge in [-0.15, -0.1) is 0 Å². The van der Waals surface area contributed by atoms with Crippen LogP contribution in [0.15, 0.2) is 35.2 Å².